The summed E-state index contributed by atoms with van der Waals surface area (Å²) in [7, 11) is 0. The Kier molecular flexibility index (Phi) is 3.20. The minimum Gasteiger partial charge on any atom is -0.330 e. The van der Waals surface area contributed by atoms with Crippen molar-refractivity contribution in [2.24, 2.45) is 0 Å². The SMILES string of the molecule is CCc1cncn1Cc1ccc(C#N)c(F)c1. The van der Waals surface area contributed by atoms with Gasteiger partial charge in [-0.15, -0.1) is 0 Å². The summed E-state index contributed by atoms with van der Waals surface area (Å²) in [6.45, 7) is 2.62. The predicted molar refractivity (Wildman–Crippen MR) is 61.8 cm³/mol. The maximum Gasteiger partial charge on any atom is 0.141 e. The zero-order valence-corrected chi connectivity index (χ0v) is 9.52. The van der Waals surface area contributed by atoms with E-state index in [0.29, 0.717) is 6.54 Å². The van der Waals surface area contributed by atoms with Crippen molar-refractivity contribution >= 4 is 0 Å². The van der Waals surface area contributed by atoms with Crippen LogP contribution in [0.2, 0.25) is 0 Å². The lowest BCUT2D eigenvalue weighted by Crippen LogP contribution is -2.03. The minimum absolute atomic E-state index is 0.0788. The van der Waals surface area contributed by atoms with E-state index < -0.39 is 5.82 Å². The molecule has 0 saturated heterocycles. The van der Waals surface area contributed by atoms with E-state index >= 15 is 0 Å². The molecule has 0 aliphatic rings. The highest BCUT2D eigenvalue weighted by Gasteiger charge is 2.05. The zero-order valence-electron chi connectivity index (χ0n) is 9.52. The molecule has 2 rings (SSSR count). The van der Waals surface area contributed by atoms with Crippen LogP contribution in [-0.4, -0.2) is 9.55 Å². The van der Waals surface area contributed by atoms with Crippen LogP contribution in [0.5, 0.6) is 0 Å². The smallest absolute Gasteiger partial charge is 0.141 e. The van der Waals surface area contributed by atoms with Crippen molar-refractivity contribution in [1.82, 2.24) is 9.55 Å². The van der Waals surface area contributed by atoms with Gasteiger partial charge in [-0.25, -0.2) is 9.37 Å². The van der Waals surface area contributed by atoms with Crippen LogP contribution in [-0.2, 0) is 13.0 Å². The van der Waals surface area contributed by atoms with E-state index in [4.69, 9.17) is 5.26 Å². The van der Waals surface area contributed by atoms with E-state index in [0.717, 1.165) is 17.7 Å². The molecule has 0 saturated carbocycles. The van der Waals surface area contributed by atoms with Gasteiger partial charge in [0, 0.05) is 18.4 Å². The molecule has 86 valence electrons. The van der Waals surface area contributed by atoms with Crippen molar-refractivity contribution in [1.29, 1.82) is 5.26 Å². The van der Waals surface area contributed by atoms with Crippen LogP contribution in [0.15, 0.2) is 30.7 Å². The molecule has 0 amide bonds. The van der Waals surface area contributed by atoms with Gasteiger partial charge < -0.3 is 4.57 Å². The van der Waals surface area contributed by atoms with Gasteiger partial charge in [-0.1, -0.05) is 13.0 Å². The second-order valence-corrected chi connectivity index (χ2v) is 3.79. The van der Waals surface area contributed by atoms with Crippen LogP contribution in [0, 0.1) is 17.1 Å². The van der Waals surface area contributed by atoms with Crippen molar-refractivity contribution in [3.05, 3.63) is 53.4 Å². The van der Waals surface area contributed by atoms with Crippen molar-refractivity contribution < 1.29 is 4.39 Å². The van der Waals surface area contributed by atoms with Crippen LogP contribution >= 0.6 is 0 Å². The predicted octanol–water partition coefficient (Wildman–Crippen LogP) is 2.50. The van der Waals surface area contributed by atoms with Gasteiger partial charge in [0.2, 0.25) is 0 Å². The van der Waals surface area contributed by atoms with Gasteiger partial charge >= 0.3 is 0 Å². The van der Waals surface area contributed by atoms with E-state index in [9.17, 15) is 4.39 Å². The molecule has 17 heavy (non-hydrogen) atoms. The van der Waals surface area contributed by atoms with E-state index in [1.165, 1.54) is 12.1 Å². The van der Waals surface area contributed by atoms with Crippen LogP contribution in [0.3, 0.4) is 0 Å². The molecule has 0 fully saturated rings. The monoisotopic (exact) mass is 229 g/mol. The lowest BCUT2D eigenvalue weighted by molar-refractivity contribution is 0.619. The van der Waals surface area contributed by atoms with Crippen LogP contribution in [0.4, 0.5) is 4.39 Å². The molecule has 4 heteroatoms. The summed E-state index contributed by atoms with van der Waals surface area (Å²) in [4.78, 5) is 4.06. The normalized spacial score (nSPS) is 10.2. The molecule has 0 atom stereocenters. The van der Waals surface area contributed by atoms with Crippen molar-refractivity contribution in [3.63, 3.8) is 0 Å². The van der Waals surface area contributed by atoms with Crippen molar-refractivity contribution in [2.75, 3.05) is 0 Å². The van der Waals surface area contributed by atoms with Gasteiger partial charge in [-0.05, 0) is 24.1 Å². The van der Waals surface area contributed by atoms with Crippen LogP contribution < -0.4 is 0 Å². The molecule has 3 nitrogen and oxygen atoms in total. The highest BCUT2D eigenvalue weighted by molar-refractivity contribution is 5.33. The summed E-state index contributed by atoms with van der Waals surface area (Å²) in [6, 6.07) is 6.48. The Balaban J connectivity index is 2.25. The maximum absolute atomic E-state index is 13.4. The third-order valence-electron chi connectivity index (χ3n) is 2.67. The Hall–Kier alpha value is -2.15. The summed E-state index contributed by atoms with van der Waals surface area (Å²) in [6.07, 6.45) is 4.42. The second kappa shape index (κ2) is 4.79. The lowest BCUT2D eigenvalue weighted by atomic mass is 10.1. The number of imidazole rings is 1. The molecular weight excluding hydrogens is 217 g/mol. The lowest BCUT2D eigenvalue weighted by Gasteiger charge is -2.07. The Labute approximate surface area is 99.1 Å². The first-order chi connectivity index (χ1) is 8.24. The van der Waals surface area contributed by atoms with E-state index in [-0.39, 0.29) is 5.56 Å². The number of aromatic nitrogens is 2. The minimum atomic E-state index is -0.469. The van der Waals surface area contributed by atoms with Gasteiger partial charge in [0.25, 0.3) is 0 Å². The number of hydrogen-bond acceptors (Lipinski definition) is 2. The summed E-state index contributed by atoms with van der Waals surface area (Å²) in [5.41, 5.74) is 2.01. The standard InChI is InChI=1S/C13H12FN3/c1-2-12-7-16-9-17(12)8-10-3-4-11(6-15)13(14)5-10/h3-5,7,9H,2,8H2,1H3. The van der Waals surface area contributed by atoms with E-state index in [2.05, 4.69) is 4.98 Å². The zero-order chi connectivity index (χ0) is 12.3. The average molecular weight is 229 g/mol. The Morgan fingerprint density at radius 2 is 2.29 bits per heavy atom. The number of hydrogen-bond donors (Lipinski definition) is 0. The fourth-order valence-corrected chi connectivity index (χ4v) is 1.73. The topological polar surface area (TPSA) is 41.6 Å². The molecule has 0 bridgehead atoms. The van der Waals surface area contributed by atoms with E-state index in [1.54, 1.807) is 18.6 Å². The third kappa shape index (κ3) is 2.34. The van der Waals surface area contributed by atoms with Gasteiger partial charge in [-0.3, -0.25) is 0 Å². The number of halogens is 1. The summed E-state index contributed by atoms with van der Waals surface area (Å²) < 4.78 is 15.4. The molecule has 0 radical (unpaired) electrons. The fraction of sp³-hybridized carbons (Fsp3) is 0.231. The van der Waals surface area contributed by atoms with Crippen LogP contribution in [0.25, 0.3) is 0 Å². The summed E-state index contributed by atoms with van der Waals surface area (Å²) in [5.74, 6) is -0.469. The van der Waals surface area contributed by atoms with Gasteiger partial charge in [0.15, 0.2) is 0 Å². The molecule has 0 spiro atoms. The number of rotatable bonds is 3. The Bertz CT molecular complexity index is 566. The molecule has 1 heterocycles. The highest BCUT2D eigenvalue weighted by atomic mass is 19.1. The Morgan fingerprint density at radius 3 is 2.94 bits per heavy atom. The molecule has 0 aliphatic carbocycles. The molecule has 1 aromatic carbocycles. The number of nitrogens with zero attached hydrogens (tertiary/aromatic N) is 3. The van der Waals surface area contributed by atoms with Crippen molar-refractivity contribution in [3.8, 4) is 6.07 Å². The second-order valence-electron chi connectivity index (χ2n) is 3.79. The van der Waals surface area contributed by atoms with Crippen LogP contribution in [0.1, 0.15) is 23.7 Å². The summed E-state index contributed by atoms with van der Waals surface area (Å²) >= 11 is 0. The average Bonchev–Trinajstić information content (AvgIpc) is 2.76. The van der Waals surface area contributed by atoms with Gasteiger partial charge in [0.1, 0.15) is 11.9 Å². The van der Waals surface area contributed by atoms with Gasteiger partial charge in [-0.2, -0.15) is 5.26 Å². The third-order valence-corrected chi connectivity index (χ3v) is 2.67. The largest absolute Gasteiger partial charge is 0.330 e. The first kappa shape index (κ1) is 11.3. The fourth-order valence-electron chi connectivity index (χ4n) is 1.73. The summed E-state index contributed by atoms with van der Waals surface area (Å²) in [5, 5.41) is 8.64. The number of aryl methyl sites for hydroxylation is 1. The van der Waals surface area contributed by atoms with Crippen molar-refractivity contribution in [2.45, 2.75) is 19.9 Å². The molecule has 0 aliphatic heterocycles. The van der Waals surface area contributed by atoms with E-state index in [1.807, 2.05) is 17.6 Å². The Morgan fingerprint density at radius 1 is 1.47 bits per heavy atom. The van der Waals surface area contributed by atoms with Gasteiger partial charge in [0.05, 0.1) is 11.9 Å². The highest BCUT2D eigenvalue weighted by Crippen LogP contribution is 2.12. The molecule has 0 N–H and O–H groups in total. The quantitative estimate of drug-likeness (QED) is 0.811. The maximum atomic E-state index is 13.4. The molecule has 2 aromatic rings. The molecular formula is C13H12FN3. The molecule has 1 aromatic heterocycles. The number of benzene rings is 1. The first-order valence-electron chi connectivity index (χ1n) is 5.42. The first-order valence-corrected chi connectivity index (χ1v) is 5.42. The molecule has 0 unspecified atom stereocenters. The number of nitriles is 1.